The summed E-state index contributed by atoms with van der Waals surface area (Å²) >= 11 is 1.48. The molecule has 106 valence electrons. The fourth-order valence-corrected chi connectivity index (χ4v) is 2.46. The van der Waals surface area contributed by atoms with E-state index in [1.54, 1.807) is 6.92 Å². The maximum atomic E-state index is 12.6. The summed E-state index contributed by atoms with van der Waals surface area (Å²) in [5, 5.41) is 4.56. The van der Waals surface area contributed by atoms with E-state index in [-0.39, 0.29) is 11.6 Å². The quantitative estimate of drug-likeness (QED) is 0.901. The summed E-state index contributed by atoms with van der Waals surface area (Å²) in [6, 6.07) is 7.88. The third kappa shape index (κ3) is 3.39. The highest BCUT2D eigenvalue weighted by Crippen LogP contribution is 2.29. The van der Waals surface area contributed by atoms with Crippen molar-refractivity contribution < 1.29 is 18.0 Å². The highest BCUT2D eigenvalue weighted by Gasteiger charge is 2.31. The molecule has 1 aromatic carbocycles. The molecule has 1 heterocycles. The molecule has 0 bridgehead atoms. The van der Waals surface area contributed by atoms with Crippen LogP contribution in [0, 0.1) is 0 Å². The fourth-order valence-electron chi connectivity index (χ4n) is 1.73. The van der Waals surface area contributed by atoms with E-state index in [1.807, 2.05) is 17.5 Å². The van der Waals surface area contributed by atoms with E-state index in [2.05, 4.69) is 5.32 Å². The summed E-state index contributed by atoms with van der Waals surface area (Å²) in [6.07, 6.45) is -4.45. The molecule has 0 spiro atoms. The molecular weight excluding hydrogens is 287 g/mol. The smallest absolute Gasteiger partial charge is 0.345 e. The van der Waals surface area contributed by atoms with Gasteiger partial charge in [0.05, 0.1) is 11.6 Å². The first kappa shape index (κ1) is 14.6. The third-order valence-corrected chi connectivity index (χ3v) is 3.82. The van der Waals surface area contributed by atoms with Gasteiger partial charge in [0.1, 0.15) is 0 Å². The second kappa shape index (κ2) is 5.66. The van der Waals surface area contributed by atoms with Crippen LogP contribution in [0.2, 0.25) is 0 Å². The van der Waals surface area contributed by atoms with Crippen molar-refractivity contribution in [1.29, 1.82) is 0 Å². The zero-order chi connectivity index (χ0) is 14.8. The number of carbonyl (C=O) groups is 1. The van der Waals surface area contributed by atoms with Crippen molar-refractivity contribution in [2.24, 2.45) is 0 Å². The van der Waals surface area contributed by atoms with Gasteiger partial charge in [-0.3, -0.25) is 4.79 Å². The van der Waals surface area contributed by atoms with Gasteiger partial charge >= 0.3 is 6.18 Å². The Morgan fingerprint density at radius 1 is 1.25 bits per heavy atom. The molecule has 2 rings (SSSR count). The average molecular weight is 299 g/mol. The maximum Gasteiger partial charge on any atom is 0.416 e. The van der Waals surface area contributed by atoms with Gasteiger partial charge in [0.25, 0.3) is 5.91 Å². The van der Waals surface area contributed by atoms with Crippen LogP contribution in [0.4, 0.5) is 13.2 Å². The number of nitrogens with one attached hydrogen (secondary N) is 1. The molecule has 1 N–H and O–H groups in total. The Bertz CT molecular complexity index is 593. The van der Waals surface area contributed by atoms with Crippen LogP contribution in [-0.4, -0.2) is 5.91 Å². The number of hydrogen-bond acceptors (Lipinski definition) is 2. The molecule has 0 aliphatic rings. The summed E-state index contributed by atoms with van der Waals surface area (Å²) in [4.78, 5) is 12.9. The van der Waals surface area contributed by atoms with E-state index in [4.69, 9.17) is 0 Å². The second-order valence-electron chi connectivity index (χ2n) is 4.29. The first-order valence-electron chi connectivity index (χ1n) is 5.89. The molecule has 2 nitrogen and oxygen atoms in total. The number of rotatable bonds is 3. The van der Waals surface area contributed by atoms with E-state index >= 15 is 0 Å². The Morgan fingerprint density at radius 2 is 2.00 bits per heavy atom. The number of amides is 1. The summed E-state index contributed by atoms with van der Waals surface area (Å²) in [5.41, 5.74) is -0.822. The van der Waals surface area contributed by atoms with Crippen molar-refractivity contribution in [2.75, 3.05) is 0 Å². The first-order chi connectivity index (χ1) is 9.38. The number of alkyl halides is 3. The standard InChI is InChI=1S/C14H12F3NOS/c1-9(12-6-3-7-20-12)18-13(19)10-4-2-5-11(8-10)14(15,16)17/h2-9H,1H3,(H,18,19)/t9-/m1/s1. The first-order valence-corrected chi connectivity index (χ1v) is 6.77. The van der Waals surface area contributed by atoms with Gasteiger partial charge in [-0.1, -0.05) is 12.1 Å². The summed E-state index contributed by atoms with van der Waals surface area (Å²) in [6.45, 7) is 1.79. The number of thiophene rings is 1. The van der Waals surface area contributed by atoms with Crippen molar-refractivity contribution in [1.82, 2.24) is 5.32 Å². The molecule has 1 atom stereocenters. The lowest BCUT2D eigenvalue weighted by Crippen LogP contribution is -2.26. The molecular formula is C14H12F3NOS. The molecule has 0 unspecified atom stereocenters. The highest BCUT2D eigenvalue weighted by molar-refractivity contribution is 7.10. The van der Waals surface area contributed by atoms with Gasteiger partial charge in [-0.15, -0.1) is 11.3 Å². The van der Waals surface area contributed by atoms with Crippen LogP contribution in [0.1, 0.15) is 33.8 Å². The van der Waals surface area contributed by atoms with Gasteiger partial charge < -0.3 is 5.32 Å². The lowest BCUT2D eigenvalue weighted by Gasteiger charge is -2.13. The number of carbonyl (C=O) groups excluding carboxylic acids is 1. The van der Waals surface area contributed by atoms with Crippen molar-refractivity contribution in [3.05, 3.63) is 57.8 Å². The summed E-state index contributed by atoms with van der Waals surface area (Å²) in [5.74, 6) is -0.517. The van der Waals surface area contributed by atoms with Crippen LogP contribution in [0.3, 0.4) is 0 Å². The normalized spacial score (nSPS) is 13.0. The zero-order valence-corrected chi connectivity index (χ0v) is 11.4. The van der Waals surface area contributed by atoms with Crippen molar-refractivity contribution in [2.45, 2.75) is 19.1 Å². The Balaban J connectivity index is 2.14. The summed E-state index contributed by atoms with van der Waals surface area (Å²) < 4.78 is 37.8. The van der Waals surface area contributed by atoms with Crippen LogP contribution < -0.4 is 5.32 Å². The maximum absolute atomic E-state index is 12.6. The van der Waals surface area contributed by atoms with E-state index in [9.17, 15) is 18.0 Å². The van der Waals surface area contributed by atoms with E-state index < -0.39 is 17.6 Å². The zero-order valence-electron chi connectivity index (χ0n) is 10.6. The molecule has 20 heavy (non-hydrogen) atoms. The monoisotopic (exact) mass is 299 g/mol. The molecule has 1 amide bonds. The number of hydrogen-bond donors (Lipinski definition) is 1. The molecule has 0 radical (unpaired) electrons. The van der Waals surface area contributed by atoms with Gasteiger partial charge in [0.15, 0.2) is 0 Å². The third-order valence-electron chi connectivity index (χ3n) is 2.77. The van der Waals surface area contributed by atoms with Crippen molar-refractivity contribution in [3.8, 4) is 0 Å². The Kier molecular flexibility index (Phi) is 4.13. The van der Waals surface area contributed by atoms with Gasteiger partial charge in [-0.05, 0) is 36.6 Å². The minimum atomic E-state index is -4.45. The van der Waals surface area contributed by atoms with Crippen LogP contribution in [-0.2, 0) is 6.18 Å². The van der Waals surface area contributed by atoms with Crippen LogP contribution in [0.5, 0.6) is 0 Å². The molecule has 1 aromatic heterocycles. The molecule has 0 saturated heterocycles. The number of halogens is 3. The van der Waals surface area contributed by atoms with Crippen molar-refractivity contribution in [3.63, 3.8) is 0 Å². The van der Waals surface area contributed by atoms with Crippen LogP contribution >= 0.6 is 11.3 Å². The number of benzene rings is 1. The second-order valence-corrected chi connectivity index (χ2v) is 5.27. The molecule has 0 fully saturated rings. The SMILES string of the molecule is C[C@@H](NC(=O)c1cccc(C(F)(F)F)c1)c1cccs1. The average Bonchev–Trinajstić information content (AvgIpc) is 2.91. The molecule has 0 aliphatic heterocycles. The van der Waals surface area contributed by atoms with Gasteiger partial charge in [0, 0.05) is 10.4 Å². The van der Waals surface area contributed by atoms with Crippen LogP contribution in [0.25, 0.3) is 0 Å². The van der Waals surface area contributed by atoms with Crippen LogP contribution in [0.15, 0.2) is 41.8 Å². The van der Waals surface area contributed by atoms with Crippen molar-refractivity contribution >= 4 is 17.2 Å². The van der Waals surface area contributed by atoms with Gasteiger partial charge in [-0.25, -0.2) is 0 Å². The van der Waals surface area contributed by atoms with E-state index in [0.29, 0.717) is 0 Å². The molecule has 0 aliphatic carbocycles. The van der Waals surface area contributed by atoms with E-state index in [0.717, 1.165) is 17.0 Å². The van der Waals surface area contributed by atoms with Gasteiger partial charge in [-0.2, -0.15) is 13.2 Å². The highest BCUT2D eigenvalue weighted by atomic mass is 32.1. The molecule has 6 heteroatoms. The Hall–Kier alpha value is -1.82. The Labute approximate surface area is 118 Å². The lowest BCUT2D eigenvalue weighted by molar-refractivity contribution is -0.137. The predicted molar refractivity (Wildman–Crippen MR) is 71.6 cm³/mol. The fraction of sp³-hybridized carbons (Fsp3) is 0.214. The lowest BCUT2D eigenvalue weighted by atomic mass is 10.1. The Morgan fingerprint density at radius 3 is 2.60 bits per heavy atom. The predicted octanol–water partition coefficient (Wildman–Crippen LogP) is 4.26. The van der Waals surface area contributed by atoms with E-state index in [1.165, 1.54) is 23.5 Å². The molecule has 2 aromatic rings. The largest absolute Gasteiger partial charge is 0.416 e. The summed E-state index contributed by atoms with van der Waals surface area (Å²) in [7, 11) is 0. The topological polar surface area (TPSA) is 29.1 Å². The van der Waals surface area contributed by atoms with Gasteiger partial charge in [0.2, 0.25) is 0 Å². The molecule has 0 saturated carbocycles. The minimum Gasteiger partial charge on any atom is -0.345 e. The minimum absolute atomic E-state index is 0.00299.